The third kappa shape index (κ3) is 2.65. The summed E-state index contributed by atoms with van der Waals surface area (Å²) in [6, 6.07) is 10.4. The van der Waals surface area contributed by atoms with Gasteiger partial charge in [0.1, 0.15) is 0 Å². The standard InChI is InChI=1S/C16H20N4/c17-16(18)13-4-3-9-20(11-13)10-12-7-8-19-15-6-2-1-5-14(12)15/h1-2,5-8,13H,3-4,9-11H2,(H3,17,18). The van der Waals surface area contributed by atoms with Crippen LogP contribution in [0.1, 0.15) is 18.4 Å². The van der Waals surface area contributed by atoms with Gasteiger partial charge in [-0.1, -0.05) is 18.2 Å². The van der Waals surface area contributed by atoms with Crippen LogP contribution in [0.2, 0.25) is 0 Å². The first kappa shape index (κ1) is 13.1. The predicted octanol–water partition coefficient (Wildman–Crippen LogP) is 2.38. The van der Waals surface area contributed by atoms with Crippen molar-refractivity contribution in [1.29, 1.82) is 5.41 Å². The van der Waals surface area contributed by atoms with E-state index in [0.29, 0.717) is 5.84 Å². The van der Waals surface area contributed by atoms with Crippen molar-refractivity contribution in [1.82, 2.24) is 9.88 Å². The SMILES string of the molecule is N=C(N)C1CCCN(Cc2ccnc3ccccc23)C1. The molecule has 1 aliphatic heterocycles. The quantitative estimate of drug-likeness (QED) is 0.663. The summed E-state index contributed by atoms with van der Waals surface area (Å²) in [5.41, 5.74) is 8.01. The Labute approximate surface area is 119 Å². The van der Waals surface area contributed by atoms with Gasteiger partial charge in [0.25, 0.3) is 0 Å². The number of nitrogens with zero attached hydrogens (tertiary/aromatic N) is 2. The fourth-order valence-electron chi connectivity index (χ4n) is 2.99. The van der Waals surface area contributed by atoms with E-state index in [4.69, 9.17) is 11.1 Å². The van der Waals surface area contributed by atoms with Crippen molar-refractivity contribution in [3.8, 4) is 0 Å². The van der Waals surface area contributed by atoms with Crippen molar-refractivity contribution in [3.63, 3.8) is 0 Å². The van der Waals surface area contributed by atoms with Gasteiger partial charge in [-0.2, -0.15) is 0 Å². The minimum atomic E-state index is 0.219. The first-order chi connectivity index (χ1) is 9.74. The highest BCUT2D eigenvalue weighted by Gasteiger charge is 2.22. The molecule has 2 heterocycles. The van der Waals surface area contributed by atoms with Crippen LogP contribution in [-0.2, 0) is 6.54 Å². The maximum absolute atomic E-state index is 7.63. The molecule has 0 saturated carbocycles. The second kappa shape index (κ2) is 5.59. The van der Waals surface area contributed by atoms with E-state index >= 15 is 0 Å². The van der Waals surface area contributed by atoms with Gasteiger partial charge in [0, 0.05) is 30.6 Å². The molecule has 0 radical (unpaired) electrons. The van der Waals surface area contributed by atoms with Crippen molar-refractivity contribution in [2.75, 3.05) is 13.1 Å². The molecule has 4 heteroatoms. The summed E-state index contributed by atoms with van der Waals surface area (Å²) in [5, 5.41) is 8.85. The molecule has 4 nitrogen and oxygen atoms in total. The summed E-state index contributed by atoms with van der Waals surface area (Å²) in [7, 11) is 0. The van der Waals surface area contributed by atoms with Gasteiger partial charge < -0.3 is 5.73 Å². The first-order valence-electron chi connectivity index (χ1n) is 7.13. The first-order valence-corrected chi connectivity index (χ1v) is 7.13. The van der Waals surface area contributed by atoms with E-state index in [2.05, 4.69) is 28.1 Å². The van der Waals surface area contributed by atoms with E-state index in [1.807, 2.05) is 18.3 Å². The zero-order valence-corrected chi connectivity index (χ0v) is 11.5. The van der Waals surface area contributed by atoms with Gasteiger partial charge >= 0.3 is 0 Å². The van der Waals surface area contributed by atoms with Crippen LogP contribution in [0.4, 0.5) is 0 Å². The van der Waals surface area contributed by atoms with Crippen LogP contribution in [-0.4, -0.2) is 28.8 Å². The fraction of sp³-hybridized carbons (Fsp3) is 0.375. The Kier molecular flexibility index (Phi) is 3.65. The second-order valence-electron chi connectivity index (χ2n) is 5.52. The normalized spacial score (nSPS) is 20.1. The number of piperidine rings is 1. The third-order valence-electron chi connectivity index (χ3n) is 4.08. The number of nitrogens with one attached hydrogen (secondary N) is 1. The molecule has 0 spiro atoms. The monoisotopic (exact) mass is 268 g/mol. The van der Waals surface area contributed by atoms with E-state index < -0.39 is 0 Å². The van der Waals surface area contributed by atoms with Crippen LogP contribution in [0.25, 0.3) is 10.9 Å². The van der Waals surface area contributed by atoms with Crippen molar-refractivity contribution < 1.29 is 0 Å². The fourth-order valence-corrected chi connectivity index (χ4v) is 2.99. The van der Waals surface area contributed by atoms with Crippen LogP contribution in [0.15, 0.2) is 36.5 Å². The van der Waals surface area contributed by atoms with Crippen LogP contribution in [0.3, 0.4) is 0 Å². The summed E-state index contributed by atoms with van der Waals surface area (Å²) in [5.74, 6) is 0.547. The van der Waals surface area contributed by atoms with E-state index in [0.717, 1.165) is 38.0 Å². The van der Waals surface area contributed by atoms with Crippen LogP contribution >= 0.6 is 0 Å². The minimum Gasteiger partial charge on any atom is -0.387 e. The summed E-state index contributed by atoms with van der Waals surface area (Å²) in [4.78, 5) is 6.81. The average Bonchev–Trinajstić information content (AvgIpc) is 2.48. The lowest BCUT2D eigenvalue weighted by atomic mass is 9.96. The predicted molar refractivity (Wildman–Crippen MR) is 81.7 cm³/mol. The smallest absolute Gasteiger partial charge is 0.0949 e. The van der Waals surface area contributed by atoms with Crippen molar-refractivity contribution in [3.05, 3.63) is 42.1 Å². The molecule has 0 bridgehead atoms. The molecular formula is C16H20N4. The molecule has 104 valence electrons. The average molecular weight is 268 g/mol. The number of para-hydroxylation sites is 1. The van der Waals surface area contributed by atoms with Crippen LogP contribution < -0.4 is 5.73 Å². The molecular weight excluding hydrogens is 248 g/mol. The number of hydrogen-bond acceptors (Lipinski definition) is 3. The molecule has 1 aliphatic rings. The maximum atomic E-state index is 7.63. The number of amidine groups is 1. The molecule has 20 heavy (non-hydrogen) atoms. The number of nitrogens with two attached hydrogens (primary N) is 1. The van der Waals surface area contributed by atoms with Gasteiger partial charge in [0.05, 0.1) is 11.4 Å². The highest BCUT2D eigenvalue weighted by molar-refractivity contribution is 5.82. The van der Waals surface area contributed by atoms with Crippen molar-refractivity contribution in [2.24, 2.45) is 11.7 Å². The van der Waals surface area contributed by atoms with E-state index in [9.17, 15) is 0 Å². The van der Waals surface area contributed by atoms with Gasteiger partial charge in [-0.05, 0) is 37.1 Å². The molecule has 0 amide bonds. The Hall–Kier alpha value is -1.94. The molecule has 1 fully saturated rings. The number of hydrogen-bond donors (Lipinski definition) is 2. The Morgan fingerprint density at radius 1 is 1.35 bits per heavy atom. The Bertz CT molecular complexity index is 617. The lowest BCUT2D eigenvalue weighted by Crippen LogP contribution is -2.40. The molecule has 1 atom stereocenters. The highest BCUT2D eigenvalue weighted by atomic mass is 15.1. The van der Waals surface area contributed by atoms with E-state index in [1.165, 1.54) is 10.9 Å². The molecule has 0 aliphatic carbocycles. The highest BCUT2D eigenvalue weighted by Crippen LogP contribution is 2.22. The van der Waals surface area contributed by atoms with Crippen molar-refractivity contribution in [2.45, 2.75) is 19.4 Å². The van der Waals surface area contributed by atoms with Crippen LogP contribution in [0, 0.1) is 11.3 Å². The van der Waals surface area contributed by atoms with Gasteiger partial charge in [0.15, 0.2) is 0 Å². The van der Waals surface area contributed by atoms with Gasteiger partial charge in [-0.3, -0.25) is 15.3 Å². The number of fused-ring (bicyclic) bond motifs is 1. The summed E-state index contributed by atoms with van der Waals surface area (Å²) >= 11 is 0. The summed E-state index contributed by atoms with van der Waals surface area (Å²) < 4.78 is 0. The number of aromatic nitrogens is 1. The molecule has 1 unspecified atom stereocenters. The maximum Gasteiger partial charge on any atom is 0.0949 e. The lowest BCUT2D eigenvalue weighted by molar-refractivity contribution is 0.196. The lowest BCUT2D eigenvalue weighted by Gasteiger charge is -2.32. The largest absolute Gasteiger partial charge is 0.387 e. The molecule has 1 saturated heterocycles. The molecule has 2 aromatic rings. The Balaban J connectivity index is 1.81. The molecule has 1 aromatic heterocycles. The second-order valence-corrected chi connectivity index (χ2v) is 5.52. The Morgan fingerprint density at radius 2 is 2.20 bits per heavy atom. The van der Waals surface area contributed by atoms with E-state index in [1.54, 1.807) is 0 Å². The van der Waals surface area contributed by atoms with E-state index in [-0.39, 0.29) is 5.92 Å². The third-order valence-corrected chi connectivity index (χ3v) is 4.08. The topological polar surface area (TPSA) is 66.0 Å². The van der Waals surface area contributed by atoms with Crippen LogP contribution in [0.5, 0.6) is 0 Å². The molecule has 1 aromatic carbocycles. The molecule has 3 N–H and O–H groups in total. The zero-order chi connectivity index (χ0) is 13.9. The Morgan fingerprint density at radius 3 is 3.05 bits per heavy atom. The summed E-state index contributed by atoms with van der Waals surface area (Å²) in [6.07, 6.45) is 4.04. The summed E-state index contributed by atoms with van der Waals surface area (Å²) in [6.45, 7) is 2.89. The zero-order valence-electron chi connectivity index (χ0n) is 11.5. The van der Waals surface area contributed by atoms with Gasteiger partial charge in [0.2, 0.25) is 0 Å². The minimum absolute atomic E-state index is 0.219. The number of benzene rings is 1. The van der Waals surface area contributed by atoms with Gasteiger partial charge in [-0.15, -0.1) is 0 Å². The number of rotatable bonds is 3. The molecule has 3 rings (SSSR count). The van der Waals surface area contributed by atoms with Crippen molar-refractivity contribution >= 4 is 16.7 Å². The number of likely N-dealkylation sites (tertiary alicyclic amines) is 1. The number of pyridine rings is 1. The van der Waals surface area contributed by atoms with Gasteiger partial charge in [-0.25, -0.2) is 0 Å².